The fourth-order valence-corrected chi connectivity index (χ4v) is 3.14. The normalized spacial score (nSPS) is 21.5. The summed E-state index contributed by atoms with van der Waals surface area (Å²) in [6.07, 6.45) is 1.48. The number of carbonyl (C=O) groups is 1. The molecule has 19 heavy (non-hydrogen) atoms. The van der Waals surface area contributed by atoms with Gasteiger partial charge < -0.3 is 5.11 Å². The van der Waals surface area contributed by atoms with Crippen molar-refractivity contribution in [3.05, 3.63) is 34.3 Å². The highest BCUT2D eigenvalue weighted by Gasteiger charge is 2.30. The number of hydrogen-bond acceptors (Lipinski definition) is 3. The summed E-state index contributed by atoms with van der Waals surface area (Å²) in [4.78, 5) is 11.0. The zero-order valence-electron chi connectivity index (χ0n) is 10.7. The third-order valence-electron chi connectivity index (χ3n) is 4.09. The second kappa shape index (κ2) is 5.12. The van der Waals surface area contributed by atoms with Crippen molar-refractivity contribution in [2.75, 3.05) is 13.1 Å². The third-order valence-corrected chi connectivity index (χ3v) is 4.33. The van der Waals surface area contributed by atoms with Crippen LogP contribution in [0.1, 0.15) is 24.0 Å². The summed E-state index contributed by atoms with van der Waals surface area (Å²) in [7, 11) is 0. The number of hydrogen-bond donors (Lipinski definition) is 1. The summed E-state index contributed by atoms with van der Waals surface area (Å²) in [5.74, 6) is -0.827. The highest BCUT2D eigenvalue weighted by molar-refractivity contribution is 6.30. The number of hydrazine groups is 1. The molecule has 2 aliphatic rings. The number of piperidine rings is 1. The van der Waals surface area contributed by atoms with E-state index in [1.54, 1.807) is 0 Å². The molecule has 0 saturated carbocycles. The molecule has 1 N–H and O–H groups in total. The highest BCUT2D eigenvalue weighted by atomic mass is 35.5. The van der Waals surface area contributed by atoms with Crippen molar-refractivity contribution in [2.45, 2.75) is 25.9 Å². The van der Waals surface area contributed by atoms with E-state index in [1.165, 1.54) is 11.1 Å². The van der Waals surface area contributed by atoms with E-state index < -0.39 is 5.97 Å². The first kappa shape index (κ1) is 12.9. The van der Waals surface area contributed by atoms with Gasteiger partial charge in [-0.15, -0.1) is 0 Å². The maximum atomic E-state index is 11.0. The molecule has 5 heteroatoms. The average molecular weight is 281 g/mol. The van der Waals surface area contributed by atoms with Crippen LogP contribution < -0.4 is 0 Å². The SMILES string of the molecule is O=C(O)C1CCN(N2Cc3ccc(Cl)cc3C2)CC1. The van der Waals surface area contributed by atoms with Crippen LogP contribution in [0, 0.1) is 5.92 Å². The van der Waals surface area contributed by atoms with E-state index in [1.807, 2.05) is 12.1 Å². The van der Waals surface area contributed by atoms with Gasteiger partial charge in [0.05, 0.1) is 5.92 Å². The molecule has 2 aliphatic heterocycles. The maximum absolute atomic E-state index is 11.0. The van der Waals surface area contributed by atoms with Crippen LogP contribution in [0.25, 0.3) is 0 Å². The molecule has 2 heterocycles. The average Bonchev–Trinajstić information content (AvgIpc) is 2.81. The molecule has 0 spiro atoms. The molecule has 1 saturated heterocycles. The molecule has 1 fully saturated rings. The minimum absolute atomic E-state index is 0.171. The number of rotatable bonds is 2. The zero-order chi connectivity index (χ0) is 13.4. The fraction of sp³-hybridized carbons (Fsp3) is 0.500. The summed E-state index contributed by atoms with van der Waals surface area (Å²) in [6.45, 7) is 3.45. The van der Waals surface area contributed by atoms with Crippen LogP contribution >= 0.6 is 11.6 Å². The van der Waals surface area contributed by atoms with E-state index in [2.05, 4.69) is 16.1 Å². The lowest BCUT2D eigenvalue weighted by Crippen LogP contribution is -2.45. The van der Waals surface area contributed by atoms with Crippen LogP contribution in [0.3, 0.4) is 0 Å². The standard InChI is InChI=1S/C14H17ClN2O2/c15-13-2-1-11-8-17(9-12(11)7-13)16-5-3-10(4-6-16)14(18)19/h1-2,7,10H,3-6,8-9H2,(H,18,19). The van der Waals surface area contributed by atoms with Gasteiger partial charge in [0.25, 0.3) is 0 Å². The second-order valence-corrected chi connectivity index (χ2v) is 5.74. The van der Waals surface area contributed by atoms with Crippen molar-refractivity contribution in [1.29, 1.82) is 0 Å². The van der Waals surface area contributed by atoms with Gasteiger partial charge in [0, 0.05) is 31.2 Å². The van der Waals surface area contributed by atoms with E-state index in [0.29, 0.717) is 0 Å². The monoisotopic (exact) mass is 280 g/mol. The second-order valence-electron chi connectivity index (χ2n) is 5.30. The molecule has 0 amide bonds. The molecular weight excluding hydrogens is 264 g/mol. The number of carboxylic acids is 1. The Kier molecular flexibility index (Phi) is 3.48. The predicted molar refractivity (Wildman–Crippen MR) is 72.6 cm³/mol. The number of carboxylic acid groups (broad SMARTS) is 1. The van der Waals surface area contributed by atoms with E-state index in [4.69, 9.17) is 16.7 Å². The lowest BCUT2D eigenvalue weighted by Gasteiger charge is -2.36. The van der Waals surface area contributed by atoms with Crippen molar-refractivity contribution in [2.24, 2.45) is 5.92 Å². The third kappa shape index (κ3) is 2.61. The van der Waals surface area contributed by atoms with Gasteiger partial charge in [0.2, 0.25) is 0 Å². The van der Waals surface area contributed by atoms with Crippen LogP contribution in [-0.2, 0) is 17.9 Å². The minimum atomic E-state index is -0.656. The van der Waals surface area contributed by atoms with Crippen molar-refractivity contribution in [3.63, 3.8) is 0 Å². The van der Waals surface area contributed by atoms with Crippen LogP contribution in [-0.4, -0.2) is 34.2 Å². The van der Waals surface area contributed by atoms with Gasteiger partial charge in [-0.2, -0.15) is 0 Å². The fourth-order valence-electron chi connectivity index (χ4n) is 2.94. The number of aliphatic carboxylic acids is 1. The van der Waals surface area contributed by atoms with Crippen molar-refractivity contribution < 1.29 is 9.90 Å². The number of benzene rings is 1. The van der Waals surface area contributed by atoms with Gasteiger partial charge in [-0.05, 0) is 36.1 Å². The largest absolute Gasteiger partial charge is 0.481 e. The van der Waals surface area contributed by atoms with Crippen LogP contribution in [0.5, 0.6) is 0 Å². The van der Waals surface area contributed by atoms with Crippen LogP contribution in [0.4, 0.5) is 0 Å². The Morgan fingerprint density at radius 1 is 1.16 bits per heavy atom. The molecule has 1 aromatic rings. The van der Waals surface area contributed by atoms with Crippen LogP contribution in [0.15, 0.2) is 18.2 Å². The molecule has 0 aromatic heterocycles. The minimum Gasteiger partial charge on any atom is -0.481 e. The summed E-state index contributed by atoms with van der Waals surface area (Å²) in [5, 5.41) is 14.4. The molecule has 0 atom stereocenters. The Hall–Kier alpha value is -1.10. The van der Waals surface area contributed by atoms with Gasteiger partial charge in [0.1, 0.15) is 0 Å². The molecule has 0 aliphatic carbocycles. The first-order valence-corrected chi connectivity index (χ1v) is 7.01. The van der Waals surface area contributed by atoms with Crippen LogP contribution in [0.2, 0.25) is 5.02 Å². The first-order chi connectivity index (χ1) is 9.13. The summed E-state index contributed by atoms with van der Waals surface area (Å²) < 4.78 is 0. The predicted octanol–water partition coefficient (Wildman–Crippen LogP) is 2.37. The summed E-state index contributed by atoms with van der Waals surface area (Å²) in [5.41, 5.74) is 2.61. The Balaban J connectivity index is 1.63. The van der Waals surface area contributed by atoms with Crippen molar-refractivity contribution >= 4 is 17.6 Å². The highest BCUT2D eigenvalue weighted by Crippen LogP contribution is 2.29. The quantitative estimate of drug-likeness (QED) is 0.903. The van der Waals surface area contributed by atoms with Gasteiger partial charge in [-0.25, -0.2) is 10.0 Å². The molecule has 1 aromatic carbocycles. The van der Waals surface area contributed by atoms with E-state index in [-0.39, 0.29) is 5.92 Å². The Morgan fingerprint density at radius 2 is 1.84 bits per heavy atom. The molecular formula is C14H17ClN2O2. The molecule has 102 valence electrons. The number of nitrogens with zero attached hydrogens (tertiary/aromatic N) is 2. The lowest BCUT2D eigenvalue weighted by atomic mass is 9.98. The first-order valence-electron chi connectivity index (χ1n) is 6.63. The molecule has 3 rings (SSSR count). The Morgan fingerprint density at radius 3 is 2.53 bits per heavy atom. The molecule has 0 radical (unpaired) electrons. The maximum Gasteiger partial charge on any atom is 0.306 e. The summed E-state index contributed by atoms with van der Waals surface area (Å²) in [6, 6.07) is 6.04. The molecule has 4 nitrogen and oxygen atoms in total. The lowest BCUT2D eigenvalue weighted by molar-refractivity contribution is -0.145. The van der Waals surface area contributed by atoms with Crippen molar-refractivity contribution in [3.8, 4) is 0 Å². The number of halogens is 1. The van der Waals surface area contributed by atoms with Gasteiger partial charge in [-0.3, -0.25) is 4.79 Å². The Labute approximate surface area is 117 Å². The zero-order valence-corrected chi connectivity index (χ0v) is 11.4. The van der Waals surface area contributed by atoms with E-state index in [9.17, 15) is 4.79 Å². The van der Waals surface area contributed by atoms with E-state index in [0.717, 1.165) is 44.0 Å². The van der Waals surface area contributed by atoms with E-state index >= 15 is 0 Å². The molecule has 0 bridgehead atoms. The van der Waals surface area contributed by atoms with Crippen molar-refractivity contribution in [1.82, 2.24) is 10.0 Å². The summed E-state index contributed by atoms with van der Waals surface area (Å²) >= 11 is 6.01. The molecule has 0 unspecified atom stereocenters. The topological polar surface area (TPSA) is 43.8 Å². The van der Waals surface area contributed by atoms with Gasteiger partial charge >= 0.3 is 5.97 Å². The van der Waals surface area contributed by atoms with Gasteiger partial charge in [-0.1, -0.05) is 17.7 Å². The Bertz CT molecular complexity index is 498. The van der Waals surface area contributed by atoms with Gasteiger partial charge in [0.15, 0.2) is 0 Å². The number of fused-ring (bicyclic) bond motifs is 1. The smallest absolute Gasteiger partial charge is 0.306 e.